The van der Waals surface area contributed by atoms with Crippen LogP contribution in [0.4, 0.5) is 0 Å². The van der Waals surface area contributed by atoms with Crippen molar-refractivity contribution >= 4 is 5.91 Å². The summed E-state index contributed by atoms with van der Waals surface area (Å²) < 4.78 is 0. The number of nitrogens with zero attached hydrogens (tertiary/aromatic N) is 1. The molecule has 0 aliphatic rings. The van der Waals surface area contributed by atoms with Gasteiger partial charge in [0.1, 0.15) is 0 Å². The molecule has 1 aromatic heterocycles. The van der Waals surface area contributed by atoms with Crippen molar-refractivity contribution in [2.45, 2.75) is 26.4 Å². The zero-order valence-corrected chi connectivity index (χ0v) is 7.79. The third-order valence-corrected chi connectivity index (χ3v) is 1.62. The number of amides is 1. The minimum Gasteiger partial charge on any atom is -0.349 e. The summed E-state index contributed by atoms with van der Waals surface area (Å²) in [6, 6.07) is 1.40. The third kappa shape index (κ3) is 2.87. The summed E-state index contributed by atoms with van der Waals surface area (Å²) in [6.45, 7) is 3.97. The number of carbonyl (C=O) groups is 1. The molecule has 0 aliphatic heterocycles. The molecule has 0 saturated carbocycles. The van der Waals surface area contributed by atoms with Crippen molar-refractivity contribution in [2.24, 2.45) is 5.73 Å². The number of aryl methyl sites for hydroxylation is 1. The molecular formula is C8H14N4O. The predicted molar refractivity (Wildman–Crippen MR) is 48.8 cm³/mol. The highest BCUT2D eigenvalue weighted by Gasteiger charge is 2.06. The van der Waals surface area contributed by atoms with Gasteiger partial charge in [0.2, 0.25) is 5.91 Å². The van der Waals surface area contributed by atoms with Crippen LogP contribution in [0.2, 0.25) is 0 Å². The van der Waals surface area contributed by atoms with Crippen molar-refractivity contribution in [3.63, 3.8) is 0 Å². The van der Waals surface area contributed by atoms with E-state index in [-0.39, 0.29) is 5.91 Å². The lowest BCUT2D eigenvalue weighted by molar-refractivity contribution is -0.122. The Balaban J connectivity index is 2.39. The summed E-state index contributed by atoms with van der Waals surface area (Å²) >= 11 is 0. The highest BCUT2D eigenvalue weighted by molar-refractivity contribution is 5.80. The predicted octanol–water partition coefficient (Wildman–Crippen LogP) is -0.318. The molecule has 5 nitrogen and oxygen atoms in total. The Kier molecular flexibility index (Phi) is 3.02. The first-order valence-electron chi connectivity index (χ1n) is 4.14. The monoisotopic (exact) mass is 182 g/mol. The van der Waals surface area contributed by atoms with E-state index in [1.54, 1.807) is 6.92 Å². The van der Waals surface area contributed by atoms with E-state index in [4.69, 9.17) is 5.73 Å². The SMILES string of the molecule is Cc1cc(CNC(=O)[C@@H](C)N)n[nH]1. The Hall–Kier alpha value is -1.36. The molecule has 13 heavy (non-hydrogen) atoms. The molecule has 0 aromatic carbocycles. The quantitative estimate of drug-likeness (QED) is 0.599. The first-order valence-corrected chi connectivity index (χ1v) is 4.14. The lowest BCUT2D eigenvalue weighted by atomic mass is 10.3. The summed E-state index contributed by atoms with van der Waals surface area (Å²) in [4.78, 5) is 11.0. The van der Waals surface area contributed by atoms with Gasteiger partial charge in [-0.3, -0.25) is 9.89 Å². The van der Waals surface area contributed by atoms with E-state index in [1.807, 2.05) is 13.0 Å². The van der Waals surface area contributed by atoms with Gasteiger partial charge in [0.15, 0.2) is 0 Å². The largest absolute Gasteiger partial charge is 0.349 e. The highest BCUT2D eigenvalue weighted by Crippen LogP contribution is 1.96. The fraction of sp³-hybridized carbons (Fsp3) is 0.500. The number of hydrogen-bond donors (Lipinski definition) is 3. The number of nitrogens with one attached hydrogen (secondary N) is 2. The topological polar surface area (TPSA) is 83.8 Å². The summed E-state index contributed by atoms with van der Waals surface area (Å²) in [5.41, 5.74) is 7.15. The zero-order chi connectivity index (χ0) is 9.84. The minimum absolute atomic E-state index is 0.166. The first-order chi connectivity index (χ1) is 6.09. The fourth-order valence-corrected chi connectivity index (χ4v) is 0.904. The first kappa shape index (κ1) is 9.73. The van der Waals surface area contributed by atoms with Crippen LogP contribution in [0.5, 0.6) is 0 Å². The van der Waals surface area contributed by atoms with Crippen molar-refractivity contribution < 1.29 is 4.79 Å². The number of carbonyl (C=O) groups excluding carboxylic acids is 1. The number of aromatic amines is 1. The molecule has 0 saturated heterocycles. The molecule has 1 atom stereocenters. The second kappa shape index (κ2) is 4.04. The van der Waals surface area contributed by atoms with Crippen LogP contribution in [0.25, 0.3) is 0 Å². The Bertz CT molecular complexity index is 292. The standard InChI is InChI=1S/C8H14N4O/c1-5-3-7(12-11-5)4-10-8(13)6(2)9/h3,6H,4,9H2,1-2H3,(H,10,13)(H,11,12)/t6-/m1/s1. The average molecular weight is 182 g/mol. The Labute approximate surface area is 76.7 Å². The highest BCUT2D eigenvalue weighted by atomic mass is 16.2. The molecule has 72 valence electrons. The Morgan fingerprint density at radius 2 is 2.54 bits per heavy atom. The average Bonchev–Trinajstić information content (AvgIpc) is 2.47. The van der Waals surface area contributed by atoms with Gasteiger partial charge in [-0.25, -0.2) is 0 Å². The van der Waals surface area contributed by atoms with Gasteiger partial charge < -0.3 is 11.1 Å². The van der Waals surface area contributed by atoms with E-state index in [9.17, 15) is 4.79 Å². The molecule has 0 bridgehead atoms. The van der Waals surface area contributed by atoms with E-state index < -0.39 is 6.04 Å². The summed E-state index contributed by atoms with van der Waals surface area (Å²) in [5.74, 6) is -0.166. The van der Waals surface area contributed by atoms with Gasteiger partial charge in [-0.05, 0) is 19.9 Å². The van der Waals surface area contributed by atoms with Crippen LogP contribution in [0.1, 0.15) is 18.3 Å². The maximum Gasteiger partial charge on any atom is 0.236 e. The van der Waals surface area contributed by atoms with Crippen molar-refractivity contribution in [1.82, 2.24) is 15.5 Å². The molecule has 5 heteroatoms. The molecule has 1 heterocycles. The maximum atomic E-state index is 11.0. The molecule has 0 unspecified atom stereocenters. The van der Waals surface area contributed by atoms with Gasteiger partial charge in [-0.15, -0.1) is 0 Å². The summed E-state index contributed by atoms with van der Waals surface area (Å²) in [7, 11) is 0. The molecular weight excluding hydrogens is 168 g/mol. The number of nitrogens with two attached hydrogens (primary N) is 1. The lowest BCUT2D eigenvalue weighted by Gasteiger charge is -2.04. The number of hydrogen-bond acceptors (Lipinski definition) is 3. The smallest absolute Gasteiger partial charge is 0.236 e. The third-order valence-electron chi connectivity index (χ3n) is 1.62. The molecule has 0 fully saturated rings. The van der Waals surface area contributed by atoms with E-state index >= 15 is 0 Å². The van der Waals surface area contributed by atoms with E-state index in [0.29, 0.717) is 6.54 Å². The van der Waals surface area contributed by atoms with E-state index in [1.165, 1.54) is 0 Å². The molecule has 1 aromatic rings. The van der Waals surface area contributed by atoms with Crippen LogP contribution in [0.15, 0.2) is 6.07 Å². The molecule has 1 amide bonds. The molecule has 1 rings (SSSR count). The van der Waals surface area contributed by atoms with Crippen LogP contribution in [-0.2, 0) is 11.3 Å². The zero-order valence-electron chi connectivity index (χ0n) is 7.79. The Morgan fingerprint density at radius 3 is 3.00 bits per heavy atom. The van der Waals surface area contributed by atoms with Crippen LogP contribution in [0.3, 0.4) is 0 Å². The van der Waals surface area contributed by atoms with Gasteiger partial charge in [0, 0.05) is 5.69 Å². The van der Waals surface area contributed by atoms with Crippen molar-refractivity contribution in [1.29, 1.82) is 0 Å². The fourth-order valence-electron chi connectivity index (χ4n) is 0.904. The molecule has 0 aliphatic carbocycles. The van der Waals surface area contributed by atoms with Gasteiger partial charge in [-0.1, -0.05) is 0 Å². The number of aromatic nitrogens is 2. The van der Waals surface area contributed by atoms with Crippen molar-refractivity contribution in [3.05, 3.63) is 17.5 Å². The van der Waals surface area contributed by atoms with Crippen LogP contribution < -0.4 is 11.1 Å². The molecule has 0 spiro atoms. The summed E-state index contributed by atoms with van der Waals surface area (Å²) in [5, 5.41) is 9.42. The second-order valence-electron chi connectivity index (χ2n) is 3.05. The van der Waals surface area contributed by atoms with Crippen molar-refractivity contribution in [2.75, 3.05) is 0 Å². The minimum atomic E-state index is -0.472. The number of H-pyrrole nitrogens is 1. The Morgan fingerprint density at radius 1 is 1.85 bits per heavy atom. The maximum absolute atomic E-state index is 11.0. The van der Waals surface area contributed by atoms with Gasteiger partial charge in [0.05, 0.1) is 18.3 Å². The number of rotatable bonds is 3. The second-order valence-corrected chi connectivity index (χ2v) is 3.05. The van der Waals surface area contributed by atoms with Gasteiger partial charge in [0.25, 0.3) is 0 Å². The van der Waals surface area contributed by atoms with Crippen LogP contribution >= 0.6 is 0 Å². The summed E-state index contributed by atoms with van der Waals surface area (Å²) in [6.07, 6.45) is 0. The lowest BCUT2D eigenvalue weighted by Crippen LogP contribution is -2.37. The van der Waals surface area contributed by atoms with Crippen LogP contribution in [-0.4, -0.2) is 22.1 Å². The van der Waals surface area contributed by atoms with E-state index in [2.05, 4.69) is 15.5 Å². The van der Waals surface area contributed by atoms with Gasteiger partial charge in [-0.2, -0.15) is 5.10 Å². The molecule has 4 N–H and O–H groups in total. The normalized spacial score (nSPS) is 12.5. The van der Waals surface area contributed by atoms with E-state index in [0.717, 1.165) is 11.4 Å². The van der Waals surface area contributed by atoms with Crippen molar-refractivity contribution in [3.8, 4) is 0 Å². The van der Waals surface area contributed by atoms with Gasteiger partial charge >= 0.3 is 0 Å². The molecule has 0 radical (unpaired) electrons. The van der Waals surface area contributed by atoms with Crippen LogP contribution in [0, 0.1) is 6.92 Å².